The van der Waals surface area contributed by atoms with E-state index < -0.39 is 25.7 Å². The van der Waals surface area contributed by atoms with E-state index in [1.54, 1.807) is 44.2 Å². The standard InChI is InChI=1S/C23H21N5O6S2/c1-15-14-18(8-13-21(15)35(30,31)27-17-6-4-3-5-7-17)24-25-22-16(2)26-28(23(22)29)19-9-11-20(12-10-19)36(32,33)34/h3-14,26-27H,1-2H3,(H,32,33,34). The largest absolute Gasteiger partial charge is 0.299 e. The third-order valence-electron chi connectivity index (χ3n) is 5.17. The predicted molar refractivity (Wildman–Crippen MR) is 134 cm³/mol. The van der Waals surface area contributed by atoms with E-state index in [1.807, 2.05) is 0 Å². The third-order valence-corrected chi connectivity index (χ3v) is 7.58. The summed E-state index contributed by atoms with van der Waals surface area (Å²) in [5.74, 6) is 0. The summed E-state index contributed by atoms with van der Waals surface area (Å²) in [5, 5.41) is 11.0. The van der Waals surface area contributed by atoms with Crippen LogP contribution in [0.5, 0.6) is 0 Å². The van der Waals surface area contributed by atoms with Crippen molar-refractivity contribution < 1.29 is 21.4 Å². The van der Waals surface area contributed by atoms with E-state index in [0.29, 0.717) is 28.3 Å². The molecule has 13 heteroatoms. The van der Waals surface area contributed by atoms with Crippen LogP contribution in [0, 0.1) is 13.8 Å². The molecule has 3 N–H and O–H groups in total. The Morgan fingerprint density at radius 1 is 0.889 bits per heavy atom. The maximum atomic E-state index is 12.8. The van der Waals surface area contributed by atoms with Crippen molar-refractivity contribution in [3.63, 3.8) is 0 Å². The SMILES string of the molecule is Cc1cc(N=Nc2c(C)[nH]n(-c3ccc(S(=O)(=O)O)cc3)c2=O)ccc1S(=O)(=O)Nc1ccccc1. The zero-order valence-corrected chi connectivity index (χ0v) is 20.7. The van der Waals surface area contributed by atoms with Gasteiger partial charge in [0.15, 0.2) is 5.69 Å². The lowest BCUT2D eigenvalue weighted by Gasteiger charge is -2.10. The van der Waals surface area contributed by atoms with Gasteiger partial charge < -0.3 is 0 Å². The van der Waals surface area contributed by atoms with Crippen LogP contribution in [-0.2, 0) is 20.1 Å². The molecule has 0 aliphatic carbocycles. The Bertz CT molecular complexity index is 1720. The minimum absolute atomic E-state index is 0.0222. The Labute approximate surface area is 206 Å². The van der Waals surface area contributed by atoms with Crippen LogP contribution >= 0.6 is 0 Å². The van der Waals surface area contributed by atoms with Crippen molar-refractivity contribution in [3.05, 3.63) is 94.4 Å². The second-order valence-corrected chi connectivity index (χ2v) is 10.9. The van der Waals surface area contributed by atoms with Crippen LogP contribution in [0.3, 0.4) is 0 Å². The normalized spacial score (nSPS) is 12.2. The number of aryl methyl sites for hydroxylation is 2. The summed E-state index contributed by atoms with van der Waals surface area (Å²) in [5.41, 5.74) is 1.45. The van der Waals surface area contributed by atoms with Crippen LogP contribution in [0.4, 0.5) is 17.1 Å². The van der Waals surface area contributed by atoms with Crippen LogP contribution in [0.25, 0.3) is 5.69 Å². The molecule has 4 rings (SSSR count). The molecule has 4 aromatic rings. The zero-order valence-electron chi connectivity index (χ0n) is 19.1. The summed E-state index contributed by atoms with van der Waals surface area (Å²) in [4.78, 5) is 12.6. The van der Waals surface area contributed by atoms with Gasteiger partial charge in [0.05, 0.1) is 26.9 Å². The second-order valence-electron chi connectivity index (χ2n) is 7.82. The topological polar surface area (TPSA) is 163 Å². The number of anilines is 1. The molecule has 0 aliphatic heterocycles. The van der Waals surface area contributed by atoms with E-state index in [9.17, 15) is 21.6 Å². The number of nitrogens with zero attached hydrogens (tertiary/aromatic N) is 3. The first-order chi connectivity index (χ1) is 17.0. The molecule has 186 valence electrons. The molecular formula is C23H21N5O6S2. The van der Waals surface area contributed by atoms with Crippen LogP contribution in [-0.4, -0.2) is 31.2 Å². The molecule has 0 saturated carbocycles. The number of sulfonamides is 1. The number of benzene rings is 3. The number of hydrogen-bond acceptors (Lipinski definition) is 7. The highest BCUT2D eigenvalue weighted by Gasteiger charge is 2.18. The second kappa shape index (κ2) is 9.53. The number of para-hydroxylation sites is 1. The Hall–Kier alpha value is -4.07. The summed E-state index contributed by atoms with van der Waals surface area (Å²) >= 11 is 0. The van der Waals surface area contributed by atoms with Gasteiger partial charge in [0.25, 0.3) is 25.7 Å². The van der Waals surface area contributed by atoms with Gasteiger partial charge in [-0.05, 0) is 74.0 Å². The lowest BCUT2D eigenvalue weighted by molar-refractivity contribution is 0.483. The molecule has 0 radical (unpaired) electrons. The van der Waals surface area contributed by atoms with E-state index in [0.717, 1.165) is 4.68 Å². The van der Waals surface area contributed by atoms with Gasteiger partial charge >= 0.3 is 0 Å². The Morgan fingerprint density at radius 3 is 2.17 bits per heavy atom. The number of azo groups is 1. The number of rotatable bonds is 7. The summed E-state index contributed by atoms with van der Waals surface area (Å²) in [7, 11) is -8.17. The minimum atomic E-state index is -4.36. The number of nitrogens with one attached hydrogen (secondary N) is 2. The lowest BCUT2D eigenvalue weighted by Crippen LogP contribution is -2.14. The van der Waals surface area contributed by atoms with Crippen molar-refractivity contribution >= 4 is 37.2 Å². The Morgan fingerprint density at radius 2 is 1.56 bits per heavy atom. The number of H-pyrrole nitrogens is 1. The molecule has 36 heavy (non-hydrogen) atoms. The molecule has 0 saturated heterocycles. The van der Waals surface area contributed by atoms with Gasteiger partial charge in [0.1, 0.15) is 0 Å². The highest BCUT2D eigenvalue weighted by molar-refractivity contribution is 7.92. The Balaban J connectivity index is 1.59. The van der Waals surface area contributed by atoms with E-state index in [2.05, 4.69) is 20.0 Å². The molecule has 0 aliphatic rings. The first kappa shape index (κ1) is 25.0. The molecule has 0 unspecified atom stereocenters. The van der Waals surface area contributed by atoms with Crippen molar-refractivity contribution in [2.75, 3.05) is 4.72 Å². The van der Waals surface area contributed by atoms with E-state index in [4.69, 9.17) is 4.55 Å². The molecule has 11 nitrogen and oxygen atoms in total. The van der Waals surface area contributed by atoms with E-state index in [-0.39, 0.29) is 15.5 Å². The lowest BCUT2D eigenvalue weighted by atomic mass is 10.2. The van der Waals surface area contributed by atoms with E-state index in [1.165, 1.54) is 42.5 Å². The van der Waals surface area contributed by atoms with Gasteiger partial charge in [-0.2, -0.15) is 13.5 Å². The molecular weight excluding hydrogens is 506 g/mol. The van der Waals surface area contributed by atoms with Gasteiger partial charge in [0.2, 0.25) is 0 Å². The van der Waals surface area contributed by atoms with Gasteiger partial charge in [-0.25, -0.2) is 13.1 Å². The fraction of sp³-hybridized carbons (Fsp3) is 0.0870. The van der Waals surface area contributed by atoms with Crippen LogP contribution in [0.2, 0.25) is 0 Å². The number of hydrogen-bond donors (Lipinski definition) is 3. The summed E-state index contributed by atoms with van der Waals surface area (Å²) < 4.78 is 60.7. The number of aromatic nitrogens is 2. The molecule has 0 bridgehead atoms. The minimum Gasteiger partial charge on any atom is -0.293 e. The first-order valence-corrected chi connectivity index (χ1v) is 13.4. The average Bonchev–Trinajstić information content (AvgIpc) is 3.10. The van der Waals surface area contributed by atoms with E-state index >= 15 is 0 Å². The maximum Gasteiger partial charge on any atom is 0.299 e. The fourth-order valence-electron chi connectivity index (χ4n) is 3.43. The van der Waals surface area contributed by atoms with Crippen molar-refractivity contribution in [3.8, 4) is 5.69 Å². The van der Waals surface area contributed by atoms with Crippen molar-refractivity contribution in [2.45, 2.75) is 23.6 Å². The molecule has 1 aromatic heterocycles. The van der Waals surface area contributed by atoms with Crippen LogP contribution in [0.15, 0.2) is 97.6 Å². The average molecular weight is 528 g/mol. The van der Waals surface area contributed by atoms with Crippen LogP contribution < -0.4 is 10.3 Å². The summed E-state index contributed by atoms with van der Waals surface area (Å²) in [6, 6.07) is 18.0. The molecule has 0 fully saturated rings. The molecule has 0 atom stereocenters. The molecule has 0 spiro atoms. The molecule has 1 heterocycles. The summed E-state index contributed by atoms with van der Waals surface area (Å²) in [6.45, 7) is 3.25. The fourth-order valence-corrected chi connectivity index (χ4v) is 5.19. The smallest absolute Gasteiger partial charge is 0.293 e. The quantitative estimate of drug-likeness (QED) is 0.240. The molecule has 3 aromatic carbocycles. The van der Waals surface area contributed by atoms with Gasteiger partial charge in [-0.1, -0.05) is 18.2 Å². The zero-order chi connectivity index (χ0) is 26.1. The van der Waals surface area contributed by atoms with Gasteiger partial charge in [-0.3, -0.25) is 19.2 Å². The maximum absolute atomic E-state index is 12.8. The summed E-state index contributed by atoms with van der Waals surface area (Å²) in [6.07, 6.45) is 0. The predicted octanol–water partition coefficient (Wildman–Crippen LogP) is 4.25. The molecule has 0 amide bonds. The van der Waals surface area contributed by atoms with Gasteiger partial charge in [0, 0.05) is 5.69 Å². The van der Waals surface area contributed by atoms with Crippen molar-refractivity contribution in [1.29, 1.82) is 0 Å². The monoisotopic (exact) mass is 527 g/mol. The third kappa shape index (κ3) is 5.27. The van der Waals surface area contributed by atoms with Gasteiger partial charge in [-0.15, -0.1) is 5.11 Å². The van der Waals surface area contributed by atoms with Crippen molar-refractivity contribution in [1.82, 2.24) is 9.78 Å². The first-order valence-electron chi connectivity index (χ1n) is 10.5. The number of aromatic amines is 1. The Kier molecular flexibility index (Phi) is 6.63. The van der Waals surface area contributed by atoms with Crippen LogP contribution in [0.1, 0.15) is 11.3 Å². The highest BCUT2D eigenvalue weighted by Crippen LogP contribution is 2.25. The van der Waals surface area contributed by atoms with Crippen molar-refractivity contribution in [2.24, 2.45) is 10.2 Å². The highest BCUT2D eigenvalue weighted by atomic mass is 32.2.